The van der Waals surface area contributed by atoms with Crippen molar-refractivity contribution in [1.82, 2.24) is 4.90 Å². The molecule has 3 aromatic rings. The molecule has 8 nitrogen and oxygen atoms in total. The number of amides is 3. The summed E-state index contributed by atoms with van der Waals surface area (Å²) < 4.78 is 0. The van der Waals surface area contributed by atoms with Gasteiger partial charge < -0.3 is 4.90 Å². The second-order valence-corrected chi connectivity index (χ2v) is 7.85. The van der Waals surface area contributed by atoms with E-state index < -0.39 is 22.8 Å². The van der Waals surface area contributed by atoms with E-state index in [0.29, 0.717) is 5.69 Å². The minimum absolute atomic E-state index is 0.113. The predicted molar refractivity (Wildman–Crippen MR) is 121 cm³/mol. The topological polar surface area (TPSA) is 101 Å². The number of hydrogen-bond acceptors (Lipinski definition) is 5. The van der Waals surface area contributed by atoms with E-state index in [1.165, 1.54) is 29.2 Å². The van der Waals surface area contributed by atoms with Gasteiger partial charge in [-0.25, -0.2) is 4.90 Å². The Morgan fingerprint density at radius 3 is 2.24 bits per heavy atom. The van der Waals surface area contributed by atoms with Crippen molar-refractivity contribution in [3.63, 3.8) is 0 Å². The third-order valence-corrected chi connectivity index (χ3v) is 5.57. The summed E-state index contributed by atoms with van der Waals surface area (Å²) in [5.74, 6) is -1.34. The Morgan fingerprint density at radius 1 is 1.00 bits per heavy atom. The molecule has 1 fully saturated rings. The third kappa shape index (κ3) is 4.50. The van der Waals surface area contributed by atoms with Gasteiger partial charge in [-0.2, -0.15) is 0 Å². The van der Waals surface area contributed by atoms with Crippen molar-refractivity contribution in [2.24, 2.45) is 0 Å². The predicted octanol–water partition coefficient (Wildman–Crippen LogP) is 3.88. The van der Waals surface area contributed by atoms with E-state index in [1.54, 1.807) is 12.1 Å². The molecule has 3 aromatic carbocycles. The molecule has 1 aliphatic rings. The Hall–Kier alpha value is -4.33. The van der Waals surface area contributed by atoms with Crippen LogP contribution in [0, 0.1) is 17.0 Å². The molecule has 0 radical (unpaired) electrons. The highest BCUT2D eigenvalue weighted by atomic mass is 16.6. The smallest absolute Gasteiger partial charge is 0.269 e. The third-order valence-electron chi connectivity index (χ3n) is 5.57. The number of nitro benzene ring substituents is 1. The molecule has 0 aromatic heterocycles. The van der Waals surface area contributed by atoms with Gasteiger partial charge in [0.2, 0.25) is 5.91 Å². The van der Waals surface area contributed by atoms with Crippen molar-refractivity contribution in [2.45, 2.75) is 25.9 Å². The SMILES string of the molecule is Cc1ccc(N2C(=O)CC(N(Cc3ccccc3)C(=O)c3ccc([N+](=O)[O-])cc3)C2=O)cc1. The number of nitrogens with zero attached hydrogens (tertiary/aromatic N) is 3. The summed E-state index contributed by atoms with van der Waals surface area (Å²) in [7, 11) is 0. The van der Waals surface area contributed by atoms with Crippen molar-refractivity contribution in [2.75, 3.05) is 4.90 Å². The van der Waals surface area contributed by atoms with Crippen LogP contribution in [0.3, 0.4) is 0 Å². The average molecular weight is 443 g/mol. The maximum atomic E-state index is 13.4. The molecule has 1 unspecified atom stereocenters. The summed E-state index contributed by atoms with van der Waals surface area (Å²) >= 11 is 0. The lowest BCUT2D eigenvalue weighted by molar-refractivity contribution is -0.384. The van der Waals surface area contributed by atoms with Crippen LogP contribution >= 0.6 is 0 Å². The number of benzene rings is 3. The quantitative estimate of drug-likeness (QED) is 0.327. The van der Waals surface area contributed by atoms with E-state index in [4.69, 9.17) is 0 Å². The highest BCUT2D eigenvalue weighted by Crippen LogP contribution is 2.28. The normalized spacial score (nSPS) is 15.5. The highest BCUT2D eigenvalue weighted by molar-refractivity contribution is 6.23. The lowest BCUT2D eigenvalue weighted by Gasteiger charge is -2.28. The van der Waals surface area contributed by atoms with Crippen molar-refractivity contribution in [3.05, 3.63) is 106 Å². The van der Waals surface area contributed by atoms with Gasteiger partial charge >= 0.3 is 0 Å². The summed E-state index contributed by atoms with van der Waals surface area (Å²) in [6, 6.07) is 20.4. The number of nitro groups is 1. The Morgan fingerprint density at radius 2 is 1.64 bits per heavy atom. The van der Waals surface area contributed by atoms with E-state index in [-0.39, 0.29) is 30.1 Å². The van der Waals surface area contributed by atoms with Crippen molar-refractivity contribution >= 4 is 29.1 Å². The average Bonchev–Trinajstić information content (AvgIpc) is 3.12. The van der Waals surface area contributed by atoms with E-state index in [1.807, 2.05) is 49.4 Å². The first-order valence-electron chi connectivity index (χ1n) is 10.4. The first kappa shape index (κ1) is 21.9. The van der Waals surface area contributed by atoms with Gasteiger partial charge in [0.15, 0.2) is 0 Å². The Balaban J connectivity index is 1.67. The zero-order chi connectivity index (χ0) is 23.5. The molecule has 0 spiro atoms. The number of hydrogen-bond donors (Lipinski definition) is 0. The van der Waals surface area contributed by atoms with Crippen LogP contribution in [-0.2, 0) is 16.1 Å². The number of aryl methyl sites for hydroxylation is 1. The highest BCUT2D eigenvalue weighted by Gasteiger charge is 2.44. The fourth-order valence-corrected chi connectivity index (χ4v) is 3.82. The van der Waals surface area contributed by atoms with Crippen molar-refractivity contribution in [3.8, 4) is 0 Å². The second kappa shape index (κ2) is 9.04. The number of rotatable bonds is 6. The van der Waals surface area contributed by atoms with E-state index in [9.17, 15) is 24.5 Å². The lowest BCUT2D eigenvalue weighted by Crippen LogP contribution is -2.45. The van der Waals surface area contributed by atoms with Gasteiger partial charge in [0.05, 0.1) is 17.0 Å². The molecule has 0 N–H and O–H groups in total. The first-order chi connectivity index (χ1) is 15.8. The Labute approximate surface area is 190 Å². The Bertz CT molecular complexity index is 1210. The van der Waals surface area contributed by atoms with E-state index >= 15 is 0 Å². The first-order valence-corrected chi connectivity index (χ1v) is 10.4. The monoisotopic (exact) mass is 443 g/mol. The largest absolute Gasteiger partial charge is 0.322 e. The molecular formula is C25H21N3O5. The van der Waals surface area contributed by atoms with Gasteiger partial charge in [-0.3, -0.25) is 24.5 Å². The van der Waals surface area contributed by atoms with Gasteiger partial charge in [0.1, 0.15) is 6.04 Å². The van der Waals surface area contributed by atoms with Crippen LogP contribution in [0.25, 0.3) is 0 Å². The molecule has 0 saturated carbocycles. The number of imide groups is 1. The van der Waals surface area contributed by atoms with E-state index in [0.717, 1.165) is 16.0 Å². The summed E-state index contributed by atoms with van der Waals surface area (Å²) in [4.78, 5) is 52.5. The molecular weight excluding hydrogens is 422 g/mol. The minimum Gasteiger partial charge on any atom is -0.322 e. The fraction of sp³-hybridized carbons (Fsp3) is 0.160. The molecule has 4 rings (SSSR count). The molecule has 0 bridgehead atoms. The summed E-state index contributed by atoms with van der Waals surface area (Å²) in [6.07, 6.45) is -0.141. The zero-order valence-corrected chi connectivity index (χ0v) is 17.9. The number of anilines is 1. The van der Waals surface area contributed by atoms with E-state index in [2.05, 4.69) is 0 Å². The number of carbonyl (C=O) groups is 3. The van der Waals surface area contributed by atoms with Crippen LogP contribution in [0.5, 0.6) is 0 Å². The van der Waals surface area contributed by atoms with Gasteiger partial charge in [0.25, 0.3) is 17.5 Å². The van der Waals surface area contributed by atoms with Crippen LogP contribution in [-0.4, -0.2) is 33.6 Å². The summed E-state index contributed by atoms with van der Waals surface area (Å²) in [6.45, 7) is 2.02. The van der Waals surface area contributed by atoms with Crippen LogP contribution in [0.4, 0.5) is 11.4 Å². The molecule has 166 valence electrons. The second-order valence-electron chi connectivity index (χ2n) is 7.85. The fourth-order valence-electron chi connectivity index (χ4n) is 3.82. The van der Waals surface area contributed by atoms with Gasteiger partial charge in [-0.1, -0.05) is 48.0 Å². The standard InChI is InChI=1S/C25H21N3O5/c1-17-7-11-20(12-8-17)27-23(29)15-22(25(27)31)26(16-18-5-3-2-4-6-18)24(30)19-9-13-21(14-10-19)28(32)33/h2-14,22H,15-16H2,1H3. The van der Waals surface area contributed by atoms with Crippen LogP contribution in [0.15, 0.2) is 78.9 Å². The molecule has 1 aliphatic heterocycles. The molecule has 1 heterocycles. The summed E-state index contributed by atoms with van der Waals surface area (Å²) in [5, 5.41) is 11.0. The Kier molecular flexibility index (Phi) is 5.99. The molecule has 1 atom stereocenters. The zero-order valence-electron chi connectivity index (χ0n) is 17.9. The number of non-ortho nitro benzene ring substituents is 1. The van der Waals surface area contributed by atoms with Crippen molar-refractivity contribution < 1.29 is 19.3 Å². The maximum Gasteiger partial charge on any atom is 0.269 e. The van der Waals surface area contributed by atoms with Crippen LogP contribution in [0.2, 0.25) is 0 Å². The molecule has 33 heavy (non-hydrogen) atoms. The van der Waals surface area contributed by atoms with Crippen LogP contribution in [0.1, 0.15) is 27.9 Å². The lowest BCUT2D eigenvalue weighted by atomic mass is 10.1. The molecule has 0 aliphatic carbocycles. The van der Waals surface area contributed by atoms with Gasteiger partial charge in [-0.15, -0.1) is 0 Å². The van der Waals surface area contributed by atoms with Gasteiger partial charge in [-0.05, 0) is 36.8 Å². The van der Waals surface area contributed by atoms with Crippen LogP contribution < -0.4 is 4.90 Å². The van der Waals surface area contributed by atoms with Crippen molar-refractivity contribution in [1.29, 1.82) is 0 Å². The molecule has 3 amide bonds. The minimum atomic E-state index is -0.985. The molecule has 8 heteroatoms. The molecule has 1 saturated heterocycles. The van der Waals surface area contributed by atoms with Gasteiger partial charge in [0, 0.05) is 24.2 Å². The number of carbonyl (C=O) groups excluding carboxylic acids is 3. The maximum absolute atomic E-state index is 13.4. The summed E-state index contributed by atoms with van der Waals surface area (Å²) in [5.41, 5.74) is 2.31.